The third kappa shape index (κ3) is 3.30. The minimum atomic E-state index is -3.25. The van der Waals surface area contributed by atoms with Crippen LogP contribution in [0.4, 0.5) is 14.9 Å². The lowest BCUT2D eigenvalue weighted by molar-refractivity contribution is 0.206. The molecule has 8 heteroatoms. The first-order chi connectivity index (χ1) is 12.7. The van der Waals surface area contributed by atoms with Gasteiger partial charge in [-0.05, 0) is 42.3 Å². The highest BCUT2D eigenvalue weighted by Crippen LogP contribution is 2.37. The Morgan fingerprint density at radius 1 is 1.11 bits per heavy atom. The number of benzene rings is 2. The maximum absolute atomic E-state index is 13.2. The molecule has 0 bridgehead atoms. The molecule has 2 atom stereocenters. The van der Waals surface area contributed by atoms with Gasteiger partial charge in [0.1, 0.15) is 5.82 Å². The van der Waals surface area contributed by atoms with E-state index in [9.17, 15) is 17.6 Å². The van der Waals surface area contributed by atoms with Crippen molar-refractivity contribution in [1.29, 1.82) is 0 Å². The fourth-order valence-corrected chi connectivity index (χ4v) is 5.91. The molecule has 0 unspecified atom stereocenters. The van der Waals surface area contributed by atoms with E-state index in [-0.39, 0.29) is 29.9 Å². The normalized spacial score (nSPS) is 23.7. The smallest absolute Gasteiger partial charge is 0.314 e. The van der Waals surface area contributed by atoms with E-state index in [1.807, 2.05) is 13.0 Å². The highest BCUT2D eigenvalue weighted by molar-refractivity contribution is 7.91. The van der Waals surface area contributed by atoms with Gasteiger partial charge in [0.05, 0.1) is 23.6 Å². The molecule has 0 spiro atoms. The van der Waals surface area contributed by atoms with E-state index in [0.29, 0.717) is 10.7 Å². The first-order valence-electron chi connectivity index (χ1n) is 8.56. The van der Waals surface area contributed by atoms with Crippen LogP contribution in [0.25, 0.3) is 0 Å². The van der Waals surface area contributed by atoms with Crippen molar-refractivity contribution in [3.8, 4) is 0 Å². The Bertz CT molecular complexity index is 1010. The van der Waals surface area contributed by atoms with Gasteiger partial charge in [-0.15, -0.1) is 0 Å². The predicted molar refractivity (Wildman–Crippen MR) is 102 cm³/mol. The number of hydrogen-bond donors (Lipinski definition) is 0. The van der Waals surface area contributed by atoms with Crippen molar-refractivity contribution in [3.05, 3.63) is 64.4 Å². The van der Waals surface area contributed by atoms with Gasteiger partial charge in [0, 0.05) is 17.3 Å². The number of urea groups is 1. The zero-order valence-corrected chi connectivity index (χ0v) is 16.2. The molecular formula is C19H18ClFN2O3S. The molecule has 27 heavy (non-hydrogen) atoms. The van der Waals surface area contributed by atoms with Crippen LogP contribution in [0.15, 0.2) is 42.5 Å². The summed E-state index contributed by atoms with van der Waals surface area (Å²) in [6.45, 7) is 2.09. The topological polar surface area (TPSA) is 57.7 Å². The van der Waals surface area contributed by atoms with Gasteiger partial charge in [0.25, 0.3) is 0 Å². The molecule has 0 aromatic heterocycles. The van der Waals surface area contributed by atoms with Crippen molar-refractivity contribution in [2.75, 3.05) is 16.4 Å². The van der Waals surface area contributed by atoms with E-state index in [4.69, 9.17) is 11.6 Å². The average Bonchev–Trinajstić information content (AvgIpc) is 3.03. The Labute approximate surface area is 162 Å². The Balaban J connectivity index is 1.71. The largest absolute Gasteiger partial charge is 0.325 e. The number of nitrogens with zero attached hydrogens (tertiary/aromatic N) is 2. The highest BCUT2D eigenvalue weighted by Gasteiger charge is 2.53. The fraction of sp³-hybridized carbons (Fsp3) is 0.316. The highest BCUT2D eigenvalue weighted by atomic mass is 35.5. The molecular weight excluding hydrogens is 391 g/mol. The Morgan fingerprint density at radius 3 is 2.44 bits per heavy atom. The minimum Gasteiger partial charge on any atom is -0.314 e. The van der Waals surface area contributed by atoms with Crippen molar-refractivity contribution in [3.63, 3.8) is 0 Å². The lowest BCUT2D eigenvalue weighted by atomic mass is 10.1. The van der Waals surface area contributed by atoms with Gasteiger partial charge >= 0.3 is 6.03 Å². The lowest BCUT2D eigenvalue weighted by Crippen LogP contribution is -2.37. The van der Waals surface area contributed by atoms with Crippen LogP contribution in [0.3, 0.4) is 0 Å². The molecule has 0 radical (unpaired) electrons. The number of rotatable bonds is 3. The van der Waals surface area contributed by atoms with Crippen LogP contribution in [-0.4, -0.2) is 42.9 Å². The van der Waals surface area contributed by atoms with E-state index < -0.39 is 21.9 Å². The SMILES string of the molecule is Cc1ccc(N2C(=O)N(Cc3ccc(F)cc3)[C@@H]3CS(=O)(=O)C[C@@H]32)cc1Cl. The monoisotopic (exact) mass is 408 g/mol. The molecule has 5 nitrogen and oxygen atoms in total. The fourth-order valence-electron chi connectivity index (χ4n) is 3.78. The first-order valence-corrected chi connectivity index (χ1v) is 10.8. The van der Waals surface area contributed by atoms with Gasteiger partial charge in [-0.2, -0.15) is 0 Å². The minimum absolute atomic E-state index is 0.0688. The van der Waals surface area contributed by atoms with Crippen molar-refractivity contribution >= 4 is 33.2 Å². The third-order valence-corrected chi connectivity index (χ3v) is 7.28. The summed E-state index contributed by atoms with van der Waals surface area (Å²) in [4.78, 5) is 16.2. The number of sulfone groups is 1. The van der Waals surface area contributed by atoms with Crippen molar-refractivity contribution in [1.82, 2.24) is 4.90 Å². The second kappa shape index (κ2) is 6.49. The van der Waals surface area contributed by atoms with E-state index in [0.717, 1.165) is 11.1 Å². The molecule has 2 fully saturated rings. The molecule has 2 aliphatic heterocycles. The molecule has 2 heterocycles. The molecule has 2 amide bonds. The molecule has 2 aliphatic rings. The Hall–Kier alpha value is -2.12. The van der Waals surface area contributed by atoms with Gasteiger partial charge < -0.3 is 4.90 Å². The second-order valence-electron chi connectivity index (χ2n) is 7.05. The number of carbonyl (C=O) groups is 1. The molecule has 2 saturated heterocycles. The van der Waals surface area contributed by atoms with Gasteiger partial charge in [-0.1, -0.05) is 29.8 Å². The molecule has 2 aromatic rings. The maximum Gasteiger partial charge on any atom is 0.325 e. The van der Waals surface area contributed by atoms with Gasteiger partial charge in [-0.25, -0.2) is 17.6 Å². The molecule has 0 N–H and O–H groups in total. The number of fused-ring (bicyclic) bond motifs is 1. The van der Waals surface area contributed by atoms with E-state index in [1.54, 1.807) is 29.2 Å². The maximum atomic E-state index is 13.2. The van der Waals surface area contributed by atoms with Gasteiger partial charge in [0.2, 0.25) is 0 Å². The summed E-state index contributed by atoms with van der Waals surface area (Å²) in [6, 6.07) is 10.00. The lowest BCUT2D eigenvalue weighted by Gasteiger charge is -2.23. The summed E-state index contributed by atoms with van der Waals surface area (Å²) in [5.74, 6) is -0.501. The molecule has 4 rings (SSSR count). The number of anilines is 1. The van der Waals surface area contributed by atoms with Crippen molar-refractivity contribution in [2.45, 2.75) is 25.6 Å². The predicted octanol–water partition coefficient (Wildman–Crippen LogP) is 3.40. The van der Waals surface area contributed by atoms with Crippen LogP contribution in [0.2, 0.25) is 5.02 Å². The van der Waals surface area contributed by atoms with Crippen LogP contribution in [0, 0.1) is 12.7 Å². The molecule has 0 saturated carbocycles. The van der Waals surface area contributed by atoms with Gasteiger partial charge in [0.15, 0.2) is 9.84 Å². The Kier molecular flexibility index (Phi) is 4.39. The quantitative estimate of drug-likeness (QED) is 0.731. The number of aryl methyl sites for hydroxylation is 1. The summed E-state index contributed by atoms with van der Waals surface area (Å²) in [5, 5.41) is 0.523. The summed E-state index contributed by atoms with van der Waals surface area (Å²) in [5.41, 5.74) is 2.21. The van der Waals surface area contributed by atoms with Crippen molar-refractivity contribution < 1.29 is 17.6 Å². The van der Waals surface area contributed by atoms with Crippen LogP contribution in [0.5, 0.6) is 0 Å². The van der Waals surface area contributed by atoms with Crippen molar-refractivity contribution in [2.24, 2.45) is 0 Å². The average molecular weight is 409 g/mol. The summed E-state index contributed by atoms with van der Waals surface area (Å²) < 4.78 is 37.7. The zero-order chi connectivity index (χ0) is 19.3. The zero-order valence-electron chi connectivity index (χ0n) is 14.6. The standard InChI is InChI=1S/C19H18ClFN2O3S/c1-12-2-7-15(8-16(12)20)23-18-11-27(25,26)10-17(18)22(19(23)24)9-13-3-5-14(21)6-4-13/h2-8,17-18H,9-11H2,1H3/t17-,18+/m1/s1. The second-order valence-corrected chi connectivity index (χ2v) is 9.61. The number of carbonyl (C=O) groups excluding carboxylic acids is 1. The summed E-state index contributed by atoms with van der Waals surface area (Å²) >= 11 is 6.21. The summed E-state index contributed by atoms with van der Waals surface area (Å²) in [6.07, 6.45) is 0. The van der Waals surface area contributed by atoms with E-state index in [2.05, 4.69) is 0 Å². The van der Waals surface area contributed by atoms with Crippen LogP contribution < -0.4 is 4.90 Å². The number of amides is 2. The molecule has 0 aliphatic carbocycles. The first kappa shape index (κ1) is 18.3. The van der Waals surface area contributed by atoms with E-state index in [1.165, 1.54) is 17.0 Å². The molecule has 2 aromatic carbocycles. The van der Waals surface area contributed by atoms with Crippen LogP contribution in [-0.2, 0) is 16.4 Å². The van der Waals surface area contributed by atoms with E-state index >= 15 is 0 Å². The number of hydrogen-bond acceptors (Lipinski definition) is 3. The Morgan fingerprint density at radius 2 is 1.78 bits per heavy atom. The van der Waals surface area contributed by atoms with Gasteiger partial charge in [-0.3, -0.25) is 4.90 Å². The molecule has 142 valence electrons. The van der Waals surface area contributed by atoms with Crippen LogP contribution >= 0.6 is 11.6 Å². The summed E-state index contributed by atoms with van der Waals surface area (Å²) in [7, 11) is -3.25. The number of halogens is 2. The third-order valence-electron chi connectivity index (χ3n) is 5.18. The van der Waals surface area contributed by atoms with Crippen LogP contribution in [0.1, 0.15) is 11.1 Å².